The number of nitrogens with one attached hydrogen (secondary N) is 1. The molecule has 47 heavy (non-hydrogen) atoms. The number of amides is 2. The van der Waals surface area contributed by atoms with E-state index in [4.69, 9.17) is 0 Å². The van der Waals surface area contributed by atoms with Crippen LogP contribution in [-0.4, -0.2) is 30.2 Å². The molecule has 0 bridgehead atoms. The molecular formula is C41H39N3O3. The average molecular weight is 622 g/mol. The number of carbonyl (C=O) groups excluding carboxylic acids is 3. The molecule has 1 N–H and O–H groups in total. The zero-order chi connectivity index (χ0) is 33.3. The Labute approximate surface area is 277 Å². The fraction of sp³-hybridized carbons (Fsp3) is 0.244. The molecule has 2 amide bonds. The number of hydrogen-bond donors (Lipinski definition) is 1. The van der Waals surface area contributed by atoms with Gasteiger partial charge in [0.2, 0.25) is 11.8 Å². The van der Waals surface area contributed by atoms with Crippen LogP contribution in [0.4, 0.5) is 11.4 Å². The van der Waals surface area contributed by atoms with Crippen molar-refractivity contribution >= 4 is 29.0 Å². The first-order chi connectivity index (χ1) is 22.7. The minimum Gasteiger partial charge on any atom is -0.306 e. The van der Waals surface area contributed by atoms with Gasteiger partial charge in [-0.25, -0.2) is 0 Å². The lowest BCUT2D eigenvalue weighted by Gasteiger charge is -2.26. The van der Waals surface area contributed by atoms with E-state index in [0.29, 0.717) is 19.6 Å². The number of benzene rings is 4. The van der Waals surface area contributed by atoms with E-state index in [-0.39, 0.29) is 36.0 Å². The highest BCUT2D eigenvalue weighted by atomic mass is 16.2. The van der Waals surface area contributed by atoms with Crippen LogP contribution in [0.1, 0.15) is 67.5 Å². The van der Waals surface area contributed by atoms with Crippen molar-refractivity contribution in [3.05, 3.63) is 130 Å². The first-order valence-electron chi connectivity index (χ1n) is 16.0. The number of para-hydroxylation sites is 2. The van der Waals surface area contributed by atoms with Crippen LogP contribution in [0.3, 0.4) is 0 Å². The fourth-order valence-corrected chi connectivity index (χ4v) is 5.25. The zero-order valence-corrected chi connectivity index (χ0v) is 27.3. The van der Waals surface area contributed by atoms with Gasteiger partial charge in [-0.1, -0.05) is 112 Å². The highest BCUT2D eigenvalue weighted by Gasteiger charge is 2.24. The van der Waals surface area contributed by atoms with Crippen LogP contribution in [0.25, 0.3) is 0 Å². The van der Waals surface area contributed by atoms with Crippen LogP contribution in [-0.2, 0) is 27.5 Å². The van der Waals surface area contributed by atoms with Gasteiger partial charge in [-0.2, -0.15) is 0 Å². The summed E-state index contributed by atoms with van der Waals surface area (Å²) in [6.45, 7) is 8.99. The molecule has 2 aliphatic rings. The second-order valence-corrected chi connectivity index (χ2v) is 12.1. The van der Waals surface area contributed by atoms with Crippen molar-refractivity contribution in [1.82, 2.24) is 5.32 Å². The van der Waals surface area contributed by atoms with Gasteiger partial charge in [-0.3, -0.25) is 14.4 Å². The minimum absolute atomic E-state index is 0.0427. The summed E-state index contributed by atoms with van der Waals surface area (Å²) in [7, 11) is 0. The molecule has 0 saturated carbocycles. The molecule has 4 aromatic rings. The van der Waals surface area contributed by atoms with E-state index < -0.39 is 0 Å². The van der Waals surface area contributed by atoms with Crippen LogP contribution in [0.2, 0.25) is 0 Å². The van der Waals surface area contributed by atoms with E-state index >= 15 is 0 Å². The molecule has 0 radical (unpaired) electrons. The Bertz CT molecular complexity index is 1920. The van der Waals surface area contributed by atoms with Crippen molar-refractivity contribution in [2.45, 2.75) is 53.2 Å². The molecule has 0 spiro atoms. The number of carbonyl (C=O) groups is 3. The molecule has 0 aromatic heterocycles. The van der Waals surface area contributed by atoms with E-state index in [1.807, 2.05) is 130 Å². The molecule has 6 rings (SSSR count). The predicted octanol–water partition coefficient (Wildman–Crippen LogP) is 6.48. The van der Waals surface area contributed by atoms with E-state index in [1.54, 1.807) is 4.90 Å². The number of Topliss-reactive ketones (excluding diaryl/α,β-unsaturated/α-hetero) is 1. The van der Waals surface area contributed by atoms with Gasteiger partial charge in [-0.15, -0.1) is 0 Å². The average Bonchev–Trinajstić information content (AvgIpc) is 3.06. The molecule has 6 nitrogen and oxygen atoms in total. The molecule has 0 fully saturated rings. The van der Waals surface area contributed by atoms with Crippen molar-refractivity contribution < 1.29 is 14.4 Å². The SMILES string of the molecule is CC(C)C(=O)CC(=O)N1Cc2ccccc2C#Cc2ccccc21.CC(C)NCC(=O)N1Cc2ccccc2C#Cc2ccccc21. The van der Waals surface area contributed by atoms with Crippen molar-refractivity contribution in [3.8, 4) is 23.7 Å². The van der Waals surface area contributed by atoms with Gasteiger partial charge in [0, 0.05) is 34.2 Å². The summed E-state index contributed by atoms with van der Waals surface area (Å²) in [5.74, 6) is 12.5. The maximum atomic E-state index is 12.8. The smallest absolute Gasteiger partial charge is 0.241 e. The standard InChI is InChI=1S/C21H19NO2.C20H20N2O/c1-15(2)20(23)13-21(24)22-14-18-9-4-3-7-16(18)11-12-17-8-5-6-10-19(17)22;1-15(2)21-13-20(23)22-14-18-9-4-3-7-16(18)11-12-17-8-5-6-10-19(17)22/h3-10,15H,13-14H2,1-2H3;3-10,15,21H,13-14H2,1-2H3. The predicted molar refractivity (Wildman–Crippen MR) is 188 cm³/mol. The molecule has 0 atom stereocenters. The summed E-state index contributed by atoms with van der Waals surface area (Å²) in [6, 6.07) is 31.5. The first-order valence-corrected chi connectivity index (χ1v) is 16.0. The Morgan fingerprint density at radius 1 is 0.596 bits per heavy atom. The molecule has 0 aliphatic carbocycles. The lowest BCUT2D eigenvalue weighted by Crippen LogP contribution is -2.40. The third kappa shape index (κ3) is 8.24. The van der Waals surface area contributed by atoms with Gasteiger partial charge >= 0.3 is 0 Å². The number of anilines is 2. The summed E-state index contributed by atoms with van der Waals surface area (Å²) < 4.78 is 0. The number of hydrogen-bond acceptors (Lipinski definition) is 4. The Balaban J connectivity index is 0.000000185. The Hall–Kier alpha value is -5.43. The molecule has 4 aromatic carbocycles. The highest BCUT2D eigenvalue weighted by molar-refractivity contribution is 6.06. The summed E-state index contributed by atoms with van der Waals surface area (Å²) in [4.78, 5) is 41.1. The van der Waals surface area contributed by atoms with Crippen molar-refractivity contribution in [2.75, 3.05) is 16.3 Å². The second kappa shape index (κ2) is 15.2. The molecule has 2 heterocycles. The second-order valence-electron chi connectivity index (χ2n) is 12.1. The van der Waals surface area contributed by atoms with Gasteiger partial charge in [0.1, 0.15) is 5.78 Å². The summed E-state index contributed by atoms with van der Waals surface area (Å²) in [5.41, 5.74) is 7.30. The maximum absolute atomic E-state index is 12.8. The third-order valence-corrected chi connectivity index (χ3v) is 7.98. The monoisotopic (exact) mass is 621 g/mol. The summed E-state index contributed by atoms with van der Waals surface area (Å²) >= 11 is 0. The Morgan fingerprint density at radius 3 is 1.47 bits per heavy atom. The number of fused-ring (bicyclic) bond motifs is 4. The van der Waals surface area contributed by atoms with Crippen LogP contribution in [0.5, 0.6) is 0 Å². The lowest BCUT2D eigenvalue weighted by molar-refractivity contribution is -0.128. The van der Waals surface area contributed by atoms with Crippen molar-refractivity contribution in [2.24, 2.45) is 5.92 Å². The molecule has 0 unspecified atom stereocenters. The quantitative estimate of drug-likeness (QED) is 0.198. The maximum Gasteiger partial charge on any atom is 0.241 e. The molecule has 2 aliphatic heterocycles. The van der Waals surface area contributed by atoms with Crippen molar-refractivity contribution in [1.29, 1.82) is 0 Å². The largest absolute Gasteiger partial charge is 0.306 e. The Kier molecular flexibility index (Phi) is 10.7. The van der Waals surface area contributed by atoms with Gasteiger partial charge in [0.05, 0.1) is 37.4 Å². The van der Waals surface area contributed by atoms with Crippen LogP contribution in [0, 0.1) is 29.6 Å². The number of nitrogens with zero attached hydrogens (tertiary/aromatic N) is 2. The van der Waals surface area contributed by atoms with Crippen molar-refractivity contribution in [3.63, 3.8) is 0 Å². The van der Waals surface area contributed by atoms with Gasteiger partial charge in [0.25, 0.3) is 0 Å². The topological polar surface area (TPSA) is 69.7 Å². The third-order valence-electron chi connectivity index (χ3n) is 7.98. The number of rotatable bonds is 6. The molecule has 6 heteroatoms. The normalized spacial score (nSPS) is 12.5. The van der Waals surface area contributed by atoms with Crippen LogP contribution in [0.15, 0.2) is 97.1 Å². The molecule has 236 valence electrons. The number of ketones is 1. The van der Waals surface area contributed by atoms with Gasteiger partial charge < -0.3 is 15.1 Å². The zero-order valence-electron chi connectivity index (χ0n) is 27.3. The fourth-order valence-electron chi connectivity index (χ4n) is 5.25. The van der Waals surface area contributed by atoms with E-state index in [2.05, 4.69) is 29.0 Å². The van der Waals surface area contributed by atoms with E-state index in [0.717, 1.165) is 44.8 Å². The summed E-state index contributed by atoms with van der Waals surface area (Å²) in [5, 5.41) is 3.21. The van der Waals surface area contributed by atoms with E-state index in [9.17, 15) is 14.4 Å². The Morgan fingerprint density at radius 2 is 1.00 bits per heavy atom. The lowest BCUT2D eigenvalue weighted by atomic mass is 10.0. The van der Waals surface area contributed by atoms with Gasteiger partial charge in [-0.05, 0) is 47.5 Å². The van der Waals surface area contributed by atoms with Crippen LogP contribution < -0.4 is 15.1 Å². The minimum atomic E-state index is -0.181. The highest BCUT2D eigenvalue weighted by Crippen LogP contribution is 2.27. The van der Waals surface area contributed by atoms with E-state index in [1.165, 1.54) is 0 Å². The first kappa shape index (κ1) is 32.9. The molecular weight excluding hydrogens is 582 g/mol. The summed E-state index contributed by atoms with van der Waals surface area (Å²) in [6.07, 6.45) is -0.0817. The van der Waals surface area contributed by atoms with Crippen LogP contribution >= 0.6 is 0 Å². The van der Waals surface area contributed by atoms with Gasteiger partial charge in [0.15, 0.2) is 0 Å². The molecule has 0 saturated heterocycles.